The van der Waals surface area contributed by atoms with Crippen LogP contribution in [-0.4, -0.2) is 51.9 Å². The smallest absolute Gasteiger partial charge is 0.326 e. The molecule has 1 rings (SSSR count). The lowest BCUT2D eigenvalue weighted by Gasteiger charge is -2.24. The van der Waals surface area contributed by atoms with Gasteiger partial charge in [0.05, 0.1) is 6.04 Å². The largest absolute Gasteiger partial charge is 0.508 e. The minimum absolute atomic E-state index is 0.00362. The monoisotopic (exact) mass is 397 g/mol. The lowest BCUT2D eigenvalue weighted by Crippen LogP contribution is -2.56. The van der Waals surface area contributed by atoms with Crippen LogP contribution in [0.1, 0.15) is 25.8 Å². The summed E-state index contributed by atoms with van der Waals surface area (Å²) in [7, 11) is 0. The van der Waals surface area contributed by atoms with Gasteiger partial charge in [-0.2, -0.15) is 12.6 Å². The van der Waals surface area contributed by atoms with E-state index in [0.717, 1.165) is 5.56 Å². The highest BCUT2D eigenvalue weighted by Gasteiger charge is 2.29. The standard InChI is InChI=1S/C18H27N3O5S/c1-3-10(2)15(18(25)26)21-17(24)14(9-27)20-16(23)13(19)8-11-4-6-12(22)7-5-11/h4-7,10,13-15,22,27H,3,8-9,19H2,1-2H3,(H,20,23)(H,21,24)(H,25,26)/t10-,13-,14-,15-/m0/s1. The van der Waals surface area contributed by atoms with Crippen molar-refractivity contribution in [3.05, 3.63) is 29.8 Å². The molecule has 0 heterocycles. The van der Waals surface area contributed by atoms with Crippen LogP contribution in [0.3, 0.4) is 0 Å². The molecule has 150 valence electrons. The number of hydrogen-bond donors (Lipinski definition) is 6. The van der Waals surface area contributed by atoms with Crippen molar-refractivity contribution in [3.63, 3.8) is 0 Å². The van der Waals surface area contributed by atoms with Gasteiger partial charge in [-0.05, 0) is 30.0 Å². The van der Waals surface area contributed by atoms with Gasteiger partial charge in [0, 0.05) is 5.75 Å². The van der Waals surface area contributed by atoms with E-state index in [4.69, 9.17) is 5.73 Å². The van der Waals surface area contributed by atoms with Crippen molar-refractivity contribution in [2.75, 3.05) is 5.75 Å². The van der Waals surface area contributed by atoms with Gasteiger partial charge < -0.3 is 26.6 Å². The maximum absolute atomic E-state index is 12.4. The van der Waals surface area contributed by atoms with Crippen LogP contribution < -0.4 is 16.4 Å². The van der Waals surface area contributed by atoms with Gasteiger partial charge >= 0.3 is 5.97 Å². The van der Waals surface area contributed by atoms with Crippen molar-refractivity contribution >= 4 is 30.4 Å². The van der Waals surface area contributed by atoms with Gasteiger partial charge in [0.1, 0.15) is 17.8 Å². The molecular weight excluding hydrogens is 370 g/mol. The van der Waals surface area contributed by atoms with Crippen LogP contribution in [-0.2, 0) is 20.8 Å². The van der Waals surface area contributed by atoms with Gasteiger partial charge in [-0.3, -0.25) is 9.59 Å². The Bertz CT molecular complexity index is 653. The number of nitrogens with one attached hydrogen (secondary N) is 2. The minimum atomic E-state index is -1.13. The predicted molar refractivity (Wildman–Crippen MR) is 105 cm³/mol. The number of carboxylic acid groups (broad SMARTS) is 1. The Labute approximate surface area is 163 Å². The second-order valence-electron chi connectivity index (χ2n) is 6.43. The van der Waals surface area contributed by atoms with Crippen LogP contribution in [0, 0.1) is 5.92 Å². The number of hydrogen-bond acceptors (Lipinski definition) is 6. The molecule has 0 aliphatic rings. The number of carbonyl (C=O) groups excluding carboxylic acids is 2. The summed E-state index contributed by atoms with van der Waals surface area (Å²) in [6.45, 7) is 3.55. The summed E-state index contributed by atoms with van der Waals surface area (Å²) in [5.74, 6) is -2.46. The molecule has 0 unspecified atom stereocenters. The normalized spacial score (nSPS) is 15.3. The van der Waals surface area contributed by atoms with Gasteiger partial charge in [0.15, 0.2) is 0 Å². The second-order valence-corrected chi connectivity index (χ2v) is 6.80. The number of carbonyl (C=O) groups is 3. The third-order valence-corrected chi connectivity index (χ3v) is 4.69. The van der Waals surface area contributed by atoms with Gasteiger partial charge in [-0.1, -0.05) is 32.4 Å². The second kappa shape index (κ2) is 10.8. The summed E-state index contributed by atoms with van der Waals surface area (Å²) in [4.78, 5) is 36.0. The van der Waals surface area contributed by atoms with E-state index in [1.807, 2.05) is 6.92 Å². The Hall–Kier alpha value is -2.26. The first-order chi connectivity index (χ1) is 12.7. The Morgan fingerprint density at radius 3 is 2.22 bits per heavy atom. The number of aliphatic carboxylic acids is 1. The van der Waals surface area contributed by atoms with Crippen LogP contribution in [0.25, 0.3) is 0 Å². The summed E-state index contributed by atoms with van der Waals surface area (Å²) in [5, 5.41) is 23.5. The average molecular weight is 397 g/mol. The molecule has 0 aliphatic heterocycles. The van der Waals surface area contributed by atoms with Gasteiger partial charge in [-0.25, -0.2) is 4.79 Å². The summed E-state index contributed by atoms with van der Waals surface area (Å²) in [6.07, 6.45) is 0.796. The van der Waals surface area contributed by atoms with Crippen LogP contribution >= 0.6 is 12.6 Å². The van der Waals surface area contributed by atoms with E-state index in [1.165, 1.54) is 12.1 Å². The molecule has 0 fully saturated rings. The third kappa shape index (κ3) is 7.10. The van der Waals surface area contributed by atoms with Crippen LogP contribution in [0.5, 0.6) is 5.75 Å². The van der Waals surface area contributed by atoms with Crippen LogP contribution in [0.15, 0.2) is 24.3 Å². The maximum Gasteiger partial charge on any atom is 0.326 e. The highest BCUT2D eigenvalue weighted by Crippen LogP contribution is 2.11. The lowest BCUT2D eigenvalue weighted by molar-refractivity contribution is -0.143. The molecule has 4 atom stereocenters. The number of carboxylic acids is 1. The van der Waals surface area contributed by atoms with Gasteiger partial charge in [-0.15, -0.1) is 0 Å². The molecule has 0 radical (unpaired) electrons. The summed E-state index contributed by atoms with van der Waals surface area (Å²) >= 11 is 4.07. The minimum Gasteiger partial charge on any atom is -0.508 e. The Kier molecular flexibility index (Phi) is 9.10. The Morgan fingerprint density at radius 1 is 1.15 bits per heavy atom. The summed E-state index contributed by atoms with van der Waals surface area (Å²) in [6, 6.07) is 3.32. The molecule has 0 spiro atoms. The summed E-state index contributed by atoms with van der Waals surface area (Å²) in [5.41, 5.74) is 6.64. The van der Waals surface area contributed by atoms with E-state index in [-0.39, 0.29) is 23.8 Å². The van der Waals surface area contributed by atoms with E-state index in [2.05, 4.69) is 23.3 Å². The van der Waals surface area contributed by atoms with Gasteiger partial charge in [0.2, 0.25) is 11.8 Å². The van der Waals surface area contributed by atoms with E-state index < -0.39 is 35.9 Å². The number of rotatable bonds is 10. The topological polar surface area (TPSA) is 142 Å². The lowest BCUT2D eigenvalue weighted by atomic mass is 9.99. The van der Waals surface area contributed by atoms with Crippen molar-refractivity contribution < 1.29 is 24.6 Å². The molecule has 0 aliphatic carbocycles. The highest BCUT2D eigenvalue weighted by molar-refractivity contribution is 7.80. The van der Waals surface area contributed by atoms with Crippen LogP contribution in [0.2, 0.25) is 0 Å². The number of phenolic OH excluding ortho intramolecular Hbond substituents is 1. The molecule has 8 nitrogen and oxygen atoms in total. The number of amides is 2. The Balaban J connectivity index is 2.69. The zero-order chi connectivity index (χ0) is 20.6. The van der Waals surface area contributed by atoms with Gasteiger partial charge in [0.25, 0.3) is 0 Å². The van der Waals surface area contributed by atoms with E-state index in [9.17, 15) is 24.6 Å². The van der Waals surface area contributed by atoms with Crippen LogP contribution in [0.4, 0.5) is 0 Å². The van der Waals surface area contributed by atoms with Crippen molar-refractivity contribution in [3.8, 4) is 5.75 Å². The molecule has 2 amide bonds. The SMILES string of the molecule is CC[C@H](C)[C@H](NC(=O)[C@H](CS)NC(=O)[C@@H](N)Cc1ccc(O)cc1)C(=O)O. The molecule has 27 heavy (non-hydrogen) atoms. The van der Waals surface area contributed by atoms with E-state index >= 15 is 0 Å². The Morgan fingerprint density at radius 2 is 1.74 bits per heavy atom. The number of nitrogens with two attached hydrogens (primary N) is 1. The number of thiol groups is 1. The summed E-state index contributed by atoms with van der Waals surface area (Å²) < 4.78 is 0. The molecule has 0 saturated carbocycles. The predicted octanol–water partition coefficient (Wildman–Crippen LogP) is 0.292. The van der Waals surface area contributed by atoms with E-state index in [0.29, 0.717) is 6.42 Å². The molecule has 1 aromatic rings. The zero-order valence-corrected chi connectivity index (χ0v) is 16.3. The fraction of sp³-hybridized carbons (Fsp3) is 0.500. The fourth-order valence-corrected chi connectivity index (χ4v) is 2.65. The van der Waals surface area contributed by atoms with Crippen molar-refractivity contribution in [1.29, 1.82) is 0 Å². The molecule has 9 heteroatoms. The number of phenols is 1. The molecule has 0 aromatic heterocycles. The van der Waals surface area contributed by atoms with E-state index in [1.54, 1.807) is 19.1 Å². The first-order valence-corrected chi connectivity index (χ1v) is 9.30. The molecule has 0 bridgehead atoms. The molecule has 1 aromatic carbocycles. The number of benzene rings is 1. The molecule has 0 saturated heterocycles. The average Bonchev–Trinajstić information content (AvgIpc) is 2.64. The highest BCUT2D eigenvalue weighted by atomic mass is 32.1. The maximum atomic E-state index is 12.4. The fourth-order valence-electron chi connectivity index (χ4n) is 2.39. The third-order valence-electron chi connectivity index (χ3n) is 4.32. The van der Waals surface area contributed by atoms with Crippen molar-refractivity contribution in [1.82, 2.24) is 10.6 Å². The first kappa shape index (κ1) is 22.8. The number of aromatic hydroxyl groups is 1. The quantitative estimate of drug-likeness (QED) is 0.314. The molecule has 6 N–H and O–H groups in total. The van der Waals surface area contributed by atoms with Crippen molar-refractivity contribution in [2.24, 2.45) is 11.7 Å². The molecular formula is C18H27N3O5S. The van der Waals surface area contributed by atoms with Crippen molar-refractivity contribution in [2.45, 2.75) is 44.8 Å². The first-order valence-electron chi connectivity index (χ1n) is 8.67. The zero-order valence-electron chi connectivity index (χ0n) is 15.4.